The molecule has 0 aromatic heterocycles. The fourth-order valence-corrected chi connectivity index (χ4v) is 1.26. The van der Waals surface area contributed by atoms with Gasteiger partial charge in [-0.05, 0) is 40.8 Å². The Balaban J connectivity index is 3.22. The predicted molar refractivity (Wildman–Crippen MR) is 52.0 cm³/mol. The second-order valence-corrected chi connectivity index (χ2v) is 3.45. The Morgan fingerprint density at radius 2 is 2.27 bits per heavy atom. The van der Waals surface area contributed by atoms with E-state index in [2.05, 4.69) is 27.6 Å². The van der Waals surface area contributed by atoms with Gasteiger partial charge in [-0.3, -0.25) is 0 Å². The van der Waals surface area contributed by atoms with Crippen molar-refractivity contribution < 1.29 is 4.79 Å². The van der Waals surface area contributed by atoms with E-state index < -0.39 is 0 Å². The van der Waals surface area contributed by atoms with Gasteiger partial charge in [0.05, 0.1) is 10.7 Å². The highest BCUT2D eigenvalue weighted by Crippen LogP contribution is 2.25. The minimum atomic E-state index is 0.466. The lowest BCUT2D eigenvalue weighted by atomic mass is 10.3. The van der Waals surface area contributed by atoms with Crippen LogP contribution < -0.4 is 0 Å². The normalized spacial score (nSPS) is 8.91. The van der Waals surface area contributed by atoms with E-state index >= 15 is 0 Å². The van der Waals surface area contributed by atoms with E-state index in [9.17, 15) is 4.79 Å². The molecule has 0 amide bonds. The van der Waals surface area contributed by atoms with E-state index in [1.165, 1.54) is 6.08 Å². The van der Waals surface area contributed by atoms with Crippen molar-refractivity contribution in [3.63, 3.8) is 0 Å². The van der Waals surface area contributed by atoms with Gasteiger partial charge in [-0.15, -0.1) is 0 Å². The lowest BCUT2D eigenvalue weighted by molar-refractivity contribution is 0.565. The van der Waals surface area contributed by atoms with Crippen LogP contribution in [0.4, 0.5) is 5.69 Å². The standard InChI is InChI=1S/C7H3ClINO/c8-6-2-1-5(9)3-7(6)10-4-11/h1-3H. The lowest BCUT2D eigenvalue weighted by Gasteiger charge is -1.94. The van der Waals surface area contributed by atoms with Gasteiger partial charge in [0.15, 0.2) is 0 Å². The summed E-state index contributed by atoms with van der Waals surface area (Å²) in [6.07, 6.45) is 1.44. The first-order chi connectivity index (χ1) is 5.24. The zero-order chi connectivity index (χ0) is 8.27. The number of hydrogen-bond acceptors (Lipinski definition) is 2. The molecule has 56 valence electrons. The zero-order valence-electron chi connectivity index (χ0n) is 5.34. The maximum absolute atomic E-state index is 9.89. The third kappa shape index (κ3) is 2.29. The van der Waals surface area contributed by atoms with E-state index in [4.69, 9.17) is 11.6 Å². The van der Waals surface area contributed by atoms with Gasteiger partial charge in [0.2, 0.25) is 6.08 Å². The van der Waals surface area contributed by atoms with Crippen LogP contribution in [0.1, 0.15) is 0 Å². The molecule has 0 aliphatic carbocycles. The summed E-state index contributed by atoms with van der Waals surface area (Å²) in [7, 11) is 0. The quantitative estimate of drug-likeness (QED) is 0.441. The van der Waals surface area contributed by atoms with Gasteiger partial charge in [-0.1, -0.05) is 11.6 Å². The first-order valence-electron chi connectivity index (χ1n) is 2.77. The minimum absolute atomic E-state index is 0.466. The van der Waals surface area contributed by atoms with Crippen molar-refractivity contribution in [2.75, 3.05) is 0 Å². The molecule has 2 nitrogen and oxygen atoms in total. The van der Waals surface area contributed by atoms with Gasteiger partial charge in [-0.25, -0.2) is 4.79 Å². The molecule has 0 heterocycles. The Labute approximate surface area is 82.4 Å². The van der Waals surface area contributed by atoms with Gasteiger partial charge < -0.3 is 0 Å². The average molecular weight is 279 g/mol. The van der Waals surface area contributed by atoms with Crippen LogP contribution in [0.3, 0.4) is 0 Å². The van der Waals surface area contributed by atoms with E-state index in [1.54, 1.807) is 12.1 Å². The predicted octanol–water partition coefficient (Wildman–Crippen LogP) is 2.91. The second-order valence-electron chi connectivity index (χ2n) is 1.80. The fraction of sp³-hybridized carbons (Fsp3) is 0. The minimum Gasteiger partial charge on any atom is -0.211 e. The maximum atomic E-state index is 9.89. The number of carbonyl (C=O) groups excluding carboxylic acids is 1. The number of halogens is 2. The largest absolute Gasteiger partial charge is 0.240 e. The Morgan fingerprint density at radius 3 is 2.91 bits per heavy atom. The summed E-state index contributed by atoms with van der Waals surface area (Å²) in [5.41, 5.74) is 0.466. The number of benzene rings is 1. The van der Waals surface area contributed by atoms with Crippen molar-refractivity contribution in [2.45, 2.75) is 0 Å². The molecule has 0 N–H and O–H groups in total. The molecule has 1 rings (SSSR count). The lowest BCUT2D eigenvalue weighted by Crippen LogP contribution is -1.71. The molecule has 0 fully saturated rings. The van der Waals surface area contributed by atoms with E-state index in [-0.39, 0.29) is 0 Å². The molecule has 0 radical (unpaired) electrons. The topological polar surface area (TPSA) is 29.4 Å². The molecule has 0 bridgehead atoms. The van der Waals surface area contributed by atoms with Gasteiger partial charge in [0.1, 0.15) is 0 Å². The van der Waals surface area contributed by atoms with Crippen molar-refractivity contribution in [3.8, 4) is 0 Å². The smallest absolute Gasteiger partial charge is 0.211 e. The highest BCUT2D eigenvalue weighted by atomic mass is 127. The summed E-state index contributed by atoms with van der Waals surface area (Å²) in [6, 6.07) is 5.25. The molecular formula is C7H3ClINO. The van der Waals surface area contributed by atoms with Gasteiger partial charge >= 0.3 is 0 Å². The summed E-state index contributed by atoms with van der Waals surface area (Å²) in [6.45, 7) is 0. The van der Waals surface area contributed by atoms with Crippen molar-refractivity contribution in [2.24, 2.45) is 4.99 Å². The molecule has 1 aromatic rings. The number of hydrogen-bond donors (Lipinski definition) is 0. The van der Waals surface area contributed by atoms with Crippen LogP contribution in [0.15, 0.2) is 23.2 Å². The summed E-state index contributed by atoms with van der Waals surface area (Å²) in [5, 5.41) is 0.466. The Kier molecular flexibility index (Phi) is 3.05. The van der Waals surface area contributed by atoms with Gasteiger partial charge in [0.25, 0.3) is 0 Å². The zero-order valence-corrected chi connectivity index (χ0v) is 8.26. The summed E-state index contributed by atoms with van der Waals surface area (Å²) in [5.74, 6) is 0. The van der Waals surface area contributed by atoms with E-state index in [0.717, 1.165) is 3.57 Å². The molecule has 0 saturated heterocycles. The molecule has 11 heavy (non-hydrogen) atoms. The molecule has 0 aliphatic rings. The van der Waals surface area contributed by atoms with Crippen LogP contribution in [0.2, 0.25) is 5.02 Å². The molecule has 0 atom stereocenters. The van der Waals surface area contributed by atoms with Gasteiger partial charge in [-0.2, -0.15) is 4.99 Å². The van der Waals surface area contributed by atoms with Crippen LogP contribution in [0.25, 0.3) is 0 Å². The first-order valence-corrected chi connectivity index (χ1v) is 4.22. The van der Waals surface area contributed by atoms with E-state index in [0.29, 0.717) is 10.7 Å². The monoisotopic (exact) mass is 279 g/mol. The number of isocyanates is 1. The Bertz CT molecular complexity index is 320. The highest BCUT2D eigenvalue weighted by molar-refractivity contribution is 14.1. The first kappa shape index (κ1) is 8.71. The van der Waals surface area contributed by atoms with Crippen LogP contribution in [0, 0.1) is 3.57 Å². The van der Waals surface area contributed by atoms with Crippen molar-refractivity contribution in [3.05, 3.63) is 26.8 Å². The number of nitrogens with zero attached hydrogens (tertiary/aromatic N) is 1. The number of rotatable bonds is 1. The molecule has 0 aliphatic heterocycles. The fourth-order valence-electron chi connectivity index (χ4n) is 0.621. The van der Waals surface area contributed by atoms with E-state index in [1.807, 2.05) is 6.07 Å². The summed E-state index contributed by atoms with van der Waals surface area (Å²) in [4.78, 5) is 13.3. The third-order valence-corrected chi connectivity index (χ3v) is 2.06. The molecule has 0 spiro atoms. The SMILES string of the molecule is O=C=Nc1cc(I)ccc1Cl. The van der Waals surface area contributed by atoms with Gasteiger partial charge in [0, 0.05) is 3.57 Å². The molecule has 0 saturated carbocycles. The van der Waals surface area contributed by atoms with Crippen LogP contribution in [-0.2, 0) is 4.79 Å². The van der Waals surface area contributed by atoms with Crippen molar-refractivity contribution in [1.82, 2.24) is 0 Å². The van der Waals surface area contributed by atoms with Crippen molar-refractivity contribution in [1.29, 1.82) is 0 Å². The Hall–Kier alpha value is -0.380. The number of aliphatic imine (C=N–C) groups is 1. The maximum Gasteiger partial charge on any atom is 0.240 e. The third-order valence-electron chi connectivity index (χ3n) is 1.07. The average Bonchev–Trinajstić information content (AvgIpc) is 1.98. The molecule has 4 heteroatoms. The summed E-state index contributed by atoms with van der Waals surface area (Å²) < 4.78 is 0.987. The highest BCUT2D eigenvalue weighted by Gasteiger charge is 1.97. The Morgan fingerprint density at radius 1 is 1.55 bits per heavy atom. The summed E-state index contributed by atoms with van der Waals surface area (Å²) >= 11 is 7.81. The second kappa shape index (κ2) is 3.85. The molecular weight excluding hydrogens is 276 g/mol. The molecule has 0 unspecified atom stereocenters. The van der Waals surface area contributed by atoms with Crippen LogP contribution in [0.5, 0.6) is 0 Å². The van der Waals surface area contributed by atoms with Crippen LogP contribution >= 0.6 is 34.2 Å². The van der Waals surface area contributed by atoms with Crippen molar-refractivity contribution >= 4 is 46.0 Å². The molecule has 1 aromatic carbocycles. The van der Waals surface area contributed by atoms with Crippen LogP contribution in [-0.4, -0.2) is 6.08 Å².